The summed E-state index contributed by atoms with van der Waals surface area (Å²) in [4.78, 5) is 15.6. The minimum Gasteiger partial charge on any atom is -0.281 e. The summed E-state index contributed by atoms with van der Waals surface area (Å²) in [7, 11) is 0. The molecule has 0 amide bonds. The molecule has 0 aliphatic rings. The first-order chi connectivity index (χ1) is 9.48. The molecule has 0 saturated carbocycles. The predicted octanol–water partition coefficient (Wildman–Crippen LogP) is 2.94. The summed E-state index contributed by atoms with van der Waals surface area (Å²) in [6, 6.07) is 6.53. The molecule has 0 radical (unpaired) electrons. The Bertz CT molecular complexity index is 832. The molecule has 0 aliphatic heterocycles. The third kappa shape index (κ3) is 1.87. The van der Waals surface area contributed by atoms with Crippen LogP contribution >= 0.6 is 0 Å². The third-order valence-electron chi connectivity index (χ3n) is 3.00. The number of benzene rings is 1. The van der Waals surface area contributed by atoms with Crippen molar-refractivity contribution < 1.29 is 13.2 Å². The standard InChI is InChI=1S/C13H8F3N3O/c14-13(15,16)9-4-2-1-3-7(9)8-5-6-17-11-10(8)12(20)19-18-11/h1-6H,(H2,17,18,19,20). The van der Waals surface area contributed by atoms with Gasteiger partial charge < -0.3 is 0 Å². The number of alkyl halides is 3. The quantitative estimate of drug-likeness (QED) is 0.719. The first kappa shape index (κ1) is 12.5. The molecule has 4 nitrogen and oxygen atoms in total. The van der Waals surface area contributed by atoms with E-state index >= 15 is 0 Å². The minimum absolute atomic E-state index is 0.0440. The van der Waals surface area contributed by atoms with Crippen molar-refractivity contribution in [1.82, 2.24) is 15.2 Å². The highest BCUT2D eigenvalue weighted by atomic mass is 19.4. The molecule has 0 fully saturated rings. The maximum Gasteiger partial charge on any atom is 0.417 e. The van der Waals surface area contributed by atoms with Crippen molar-refractivity contribution in [2.24, 2.45) is 0 Å². The van der Waals surface area contributed by atoms with Gasteiger partial charge in [0.05, 0.1) is 10.9 Å². The lowest BCUT2D eigenvalue weighted by Gasteiger charge is -2.12. The number of halogens is 3. The van der Waals surface area contributed by atoms with Gasteiger partial charge in [0.1, 0.15) is 0 Å². The molecule has 0 saturated heterocycles. The van der Waals surface area contributed by atoms with Crippen molar-refractivity contribution in [3.05, 3.63) is 52.4 Å². The van der Waals surface area contributed by atoms with E-state index in [1.807, 2.05) is 0 Å². The van der Waals surface area contributed by atoms with Crippen LogP contribution in [0.5, 0.6) is 0 Å². The molecule has 102 valence electrons. The van der Waals surface area contributed by atoms with E-state index in [-0.39, 0.29) is 22.2 Å². The van der Waals surface area contributed by atoms with Crippen LogP contribution in [-0.2, 0) is 6.18 Å². The molecule has 3 aromatic rings. The van der Waals surface area contributed by atoms with Crippen molar-refractivity contribution in [3.63, 3.8) is 0 Å². The number of rotatable bonds is 1. The van der Waals surface area contributed by atoms with Gasteiger partial charge in [0, 0.05) is 11.8 Å². The normalized spacial score (nSPS) is 11.9. The Hall–Kier alpha value is -2.57. The van der Waals surface area contributed by atoms with Gasteiger partial charge in [-0.25, -0.2) is 4.98 Å². The lowest BCUT2D eigenvalue weighted by atomic mass is 9.98. The smallest absolute Gasteiger partial charge is 0.281 e. The molecule has 7 heteroatoms. The zero-order valence-corrected chi connectivity index (χ0v) is 9.95. The Morgan fingerprint density at radius 2 is 1.75 bits per heavy atom. The number of hydrogen-bond donors (Lipinski definition) is 2. The second-order valence-corrected chi connectivity index (χ2v) is 4.20. The topological polar surface area (TPSA) is 61.5 Å². The van der Waals surface area contributed by atoms with Crippen LogP contribution in [0.4, 0.5) is 13.2 Å². The summed E-state index contributed by atoms with van der Waals surface area (Å²) in [5, 5.41) is 4.96. The number of aromatic nitrogens is 3. The van der Waals surface area contributed by atoms with Crippen LogP contribution in [0, 0.1) is 0 Å². The summed E-state index contributed by atoms with van der Waals surface area (Å²) in [5.41, 5.74) is -0.902. The van der Waals surface area contributed by atoms with E-state index in [1.54, 1.807) is 0 Å². The van der Waals surface area contributed by atoms with Crippen molar-refractivity contribution >= 4 is 11.0 Å². The number of pyridine rings is 1. The average molecular weight is 279 g/mol. The maximum absolute atomic E-state index is 13.1. The first-order valence-electron chi connectivity index (χ1n) is 5.70. The molecule has 3 rings (SSSR count). The molecule has 0 aliphatic carbocycles. The Morgan fingerprint density at radius 3 is 2.50 bits per heavy atom. The van der Waals surface area contributed by atoms with Crippen LogP contribution in [0.1, 0.15) is 5.56 Å². The largest absolute Gasteiger partial charge is 0.417 e. The molecule has 20 heavy (non-hydrogen) atoms. The number of fused-ring (bicyclic) bond motifs is 1. The molecule has 1 aromatic carbocycles. The molecule has 2 aromatic heterocycles. The fourth-order valence-electron chi connectivity index (χ4n) is 2.15. The average Bonchev–Trinajstić information content (AvgIpc) is 2.80. The minimum atomic E-state index is -4.49. The molecule has 0 atom stereocenters. The summed E-state index contributed by atoms with van der Waals surface area (Å²) in [5.74, 6) is 0. The number of aromatic amines is 2. The SMILES string of the molecule is O=c1[nH][nH]c2nccc(-c3ccccc3C(F)(F)F)c12. The molecule has 2 N–H and O–H groups in total. The van der Waals surface area contributed by atoms with E-state index in [1.165, 1.54) is 30.5 Å². The van der Waals surface area contributed by atoms with Gasteiger partial charge in [-0.2, -0.15) is 13.2 Å². The molecular weight excluding hydrogens is 271 g/mol. The Balaban J connectivity index is 2.38. The highest BCUT2D eigenvalue weighted by Gasteiger charge is 2.33. The Labute approximate surface area is 110 Å². The van der Waals surface area contributed by atoms with Crippen LogP contribution in [0.25, 0.3) is 22.2 Å². The van der Waals surface area contributed by atoms with Crippen LogP contribution in [0.3, 0.4) is 0 Å². The predicted molar refractivity (Wildman–Crippen MR) is 67.2 cm³/mol. The van der Waals surface area contributed by atoms with Gasteiger partial charge in [-0.1, -0.05) is 18.2 Å². The van der Waals surface area contributed by atoms with Crippen LogP contribution in [0.15, 0.2) is 41.3 Å². The van der Waals surface area contributed by atoms with Crippen molar-refractivity contribution in [1.29, 1.82) is 0 Å². The van der Waals surface area contributed by atoms with Gasteiger partial charge in [0.15, 0.2) is 5.65 Å². The molecule has 0 bridgehead atoms. The van der Waals surface area contributed by atoms with Gasteiger partial charge in [0.2, 0.25) is 0 Å². The van der Waals surface area contributed by atoms with Crippen LogP contribution in [-0.4, -0.2) is 15.2 Å². The Morgan fingerprint density at radius 1 is 1.00 bits per heavy atom. The molecule has 2 heterocycles. The maximum atomic E-state index is 13.1. The highest BCUT2D eigenvalue weighted by molar-refractivity contribution is 5.92. The first-order valence-corrected chi connectivity index (χ1v) is 5.70. The fraction of sp³-hybridized carbons (Fsp3) is 0.0769. The van der Waals surface area contributed by atoms with E-state index in [0.717, 1.165) is 6.07 Å². The van der Waals surface area contributed by atoms with Gasteiger partial charge >= 0.3 is 6.18 Å². The lowest BCUT2D eigenvalue weighted by Crippen LogP contribution is -2.08. The van der Waals surface area contributed by atoms with Crippen LogP contribution < -0.4 is 5.56 Å². The van der Waals surface area contributed by atoms with E-state index < -0.39 is 17.3 Å². The van der Waals surface area contributed by atoms with Crippen LogP contribution in [0.2, 0.25) is 0 Å². The van der Waals surface area contributed by atoms with E-state index in [4.69, 9.17) is 0 Å². The second-order valence-electron chi connectivity index (χ2n) is 4.20. The van der Waals surface area contributed by atoms with E-state index in [2.05, 4.69) is 15.2 Å². The van der Waals surface area contributed by atoms with Crippen molar-refractivity contribution in [2.75, 3.05) is 0 Å². The third-order valence-corrected chi connectivity index (χ3v) is 3.00. The zero-order chi connectivity index (χ0) is 14.3. The number of H-pyrrole nitrogens is 2. The van der Waals surface area contributed by atoms with E-state index in [0.29, 0.717) is 0 Å². The van der Waals surface area contributed by atoms with E-state index in [9.17, 15) is 18.0 Å². The summed E-state index contributed by atoms with van der Waals surface area (Å²) >= 11 is 0. The monoisotopic (exact) mass is 279 g/mol. The van der Waals surface area contributed by atoms with Gasteiger partial charge in [-0.15, -0.1) is 0 Å². The zero-order valence-electron chi connectivity index (χ0n) is 9.95. The number of hydrogen-bond acceptors (Lipinski definition) is 2. The van der Waals surface area contributed by atoms with Crippen molar-refractivity contribution in [3.8, 4) is 11.1 Å². The summed E-state index contributed by atoms with van der Waals surface area (Å²) in [6.45, 7) is 0. The van der Waals surface area contributed by atoms with Gasteiger partial charge in [-0.3, -0.25) is 15.0 Å². The Kier molecular flexibility index (Phi) is 2.63. The van der Waals surface area contributed by atoms with Crippen molar-refractivity contribution in [2.45, 2.75) is 6.18 Å². The molecular formula is C13H8F3N3O. The van der Waals surface area contributed by atoms with Gasteiger partial charge in [0.25, 0.3) is 5.56 Å². The second kappa shape index (κ2) is 4.22. The molecule has 0 unspecified atom stereocenters. The van der Waals surface area contributed by atoms with Gasteiger partial charge in [-0.05, 0) is 17.7 Å². The lowest BCUT2D eigenvalue weighted by molar-refractivity contribution is -0.137. The summed E-state index contributed by atoms with van der Waals surface area (Å²) < 4.78 is 39.2. The number of nitrogens with one attached hydrogen (secondary N) is 2. The fourth-order valence-corrected chi connectivity index (χ4v) is 2.15. The summed E-state index contributed by atoms with van der Waals surface area (Å²) in [6.07, 6.45) is -3.14. The molecule has 0 spiro atoms. The number of nitrogens with zero attached hydrogens (tertiary/aromatic N) is 1. The highest BCUT2D eigenvalue weighted by Crippen LogP contribution is 2.38.